The highest BCUT2D eigenvalue weighted by molar-refractivity contribution is 5.73. The monoisotopic (exact) mass is 286 g/mol. The molecule has 0 aliphatic heterocycles. The Kier molecular flexibility index (Phi) is 8.04. The van der Waals surface area contributed by atoms with E-state index >= 15 is 0 Å². The van der Waals surface area contributed by atoms with Gasteiger partial charge in [0.1, 0.15) is 6.29 Å². The lowest BCUT2D eigenvalue weighted by molar-refractivity contribution is -0.105. The Balaban J connectivity index is 2.94. The predicted molar refractivity (Wildman–Crippen MR) is 92.3 cm³/mol. The number of carbonyl (C=O) groups is 1. The standard InChI is InChI=1S/C20H30O/c1-16(2)20-13-11-18(4)8-5-7-17(3)9-6-10-19(15-21)12-14-20/h7,10-11,13,15-16H,5-6,8-9,12,14H2,1-4H3/b17-7+,18-11+,19-10+,20-13+. The van der Waals surface area contributed by atoms with Crippen LogP contribution in [-0.4, -0.2) is 6.29 Å². The van der Waals surface area contributed by atoms with Crippen LogP contribution in [-0.2, 0) is 4.79 Å². The van der Waals surface area contributed by atoms with Crippen LogP contribution in [0.2, 0.25) is 0 Å². The third-order valence-corrected chi connectivity index (χ3v) is 4.15. The molecule has 1 rings (SSSR count). The molecular weight excluding hydrogens is 256 g/mol. The van der Waals surface area contributed by atoms with E-state index in [4.69, 9.17) is 0 Å². The van der Waals surface area contributed by atoms with Crippen molar-refractivity contribution in [1.82, 2.24) is 0 Å². The molecule has 1 heteroatoms. The molecule has 0 aromatic rings. The number of hydrogen-bond acceptors (Lipinski definition) is 1. The lowest BCUT2D eigenvalue weighted by atomic mass is 9.94. The summed E-state index contributed by atoms with van der Waals surface area (Å²) in [5.74, 6) is 0.539. The first kappa shape index (κ1) is 17.7. The summed E-state index contributed by atoms with van der Waals surface area (Å²) in [7, 11) is 0. The fraction of sp³-hybridized carbons (Fsp3) is 0.550. The van der Waals surface area contributed by atoms with Crippen molar-refractivity contribution in [3.05, 3.63) is 46.6 Å². The minimum atomic E-state index is 0.539. The van der Waals surface area contributed by atoms with Gasteiger partial charge in [0.15, 0.2) is 0 Å². The first-order valence-corrected chi connectivity index (χ1v) is 8.19. The molecule has 0 unspecified atom stereocenters. The SMILES string of the molecule is C/C1=C\C=C(\C(C)C)CC/C(C=O)=C\CC/C(C)=C/CC1. The van der Waals surface area contributed by atoms with E-state index < -0.39 is 0 Å². The van der Waals surface area contributed by atoms with Crippen LogP contribution in [0.5, 0.6) is 0 Å². The van der Waals surface area contributed by atoms with Gasteiger partial charge in [0.25, 0.3) is 0 Å². The van der Waals surface area contributed by atoms with Crippen molar-refractivity contribution in [3.63, 3.8) is 0 Å². The third kappa shape index (κ3) is 7.27. The Bertz CT molecular complexity index is 458. The average molecular weight is 286 g/mol. The lowest BCUT2D eigenvalue weighted by Crippen LogP contribution is -1.97. The van der Waals surface area contributed by atoms with E-state index in [1.54, 1.807) is 0 Å². The van der Waals surface area contributed by atoms with Gasteiger partial charge in [-0.3, -0.25) is 4.79 Å². The van der Waals surface area contributed by atoms with Gasteiger partial charge in [0.2, 0.25) is 0 Å². The van der Waals surface area contributed by atoms with Crippen LogP contribution in [0.3, 0.4) is 0 Å². The molecule has 1 aliphatic rings. The maximum absolute atomic E-state index is 11.2. The first-order chi connectivity index (χ1) is 10.0. The maximum atomic E-state index is 11.2. The molecule has 0 spiro atoms. The molecule has 0 aromatic carbocycles. The molecule has 0 saturated carbocycles. The Labute approximate surface area is 130 Å². The largest absolute Gasteiger partial charge is 0.298 e. The summed E-state index contributed by atoms with van der Waals surface area (Å²) in [4.78, 5) is 11.2. The smallest absolute Gasteiger partial charge is 0.145 e. The molecule has 0 fully saturated rings. The van der Waals surface area contributed by atoms with Crippen molar-refractivity contribution < 1.29 is 4.79 Å². The van der Waals surface area contributed by atoms with Crippen LogP contribution in [0.1, 0.15) is 66.2 Å². The van der Waals surface area contributed by atoms with Crippen LogP contribution in [0.15, 0.2) is 46.6 Å². The van der Waals surface area contributed by atoms with E-state index in [9.17, 15) is 4.79 Å². The van der Waals surface area contributed by atoms with Crippen LogP contribution in [0.4, 0.5) is 0 Å². The fourth-order valence-electron chi connectivity index (χ4n) is 2.53. The lowest BCUT2D eigenvalue weighted by Gasteiger charge is -2.11. The second kappa shape index (κ2) is 9.55. The maximum Gasteiger partial charge on any atom is 0.145 e. The molecule has 0 saturated heterocycles. The van der Waals surface area contributed by atoms with Gasteiger partial charge in [-0.05, 0) is 63.9 Å². The third-order valence-electron chi connectivity index (χ3n) is 4.15. The summed E-state index contributed by atoms with van der Waals surface area (Å²) in [6.45, 7) is 8.86. The molecule has 116 valence electrons. The fourth-order valence-corrected chi connectivity index (χ4v) is 2.53. The predicted octanol–water partition coefficient (Wildman–Crippen LogP) is 5.94. The molecule has 0 aromatic heterocycles. The van der Waals surface area contributed by atoms with E-state index in [1.165, 1.54) is 16.7 Å². The van der Waals surface area contributed by atoms with Crippen molar-refractivity contribution in [2.75, 3.05) is 0 Å². The van der Waals surface area contributed by atoms with E-state index in [1.807, 2.05) is 0 Å². The number of carbonyl (C=O) groups excluding carboxylic acids is 1. The van der Waals surface area contributed by atoms with Gasteiger partial charge in [0, 0.05) is 0 Å². The van der Waals surface area contributed by atoms with Crippen molar-refractivity contribution in [2.24, 2.45) is 5.92 Å². The van der Waals surface area contributed by atoms with Crippen LogP contribution >= 0.6 is 0 Å². The zero-order valence-corrected chi connectivity index (χ0v) is 14.1. The van der Waals surface area contributed by atoms with E-state index in [2.05, 4.69) is 52.0 Å². The highest BCUT2D eigenvalue weighted by Gasteiger charge is 2.05. The number of rotatable bonds is 2. The van der Waals surface area contributed by atoms with Gasteiger partial charge in [-0.1, -0.05) is 54.9 Å². The number of hydrogen-bond donors (Lipinski definition) is 0. The zero-order chi connectivity index (χ0) is 15.7. The first-order valence-electron chi connectivity index (χ1n) is 8.19. The highest BCUT2D eigenvalue weighted by Crippen LogP contribution is 2.21. The summed E-state index contributed by atoms with van der Waals surface area (Å²) in [6.07, 6.45) is 16.2. The zero-order valence-electron chi connectivity index (χ0n) is 14.1. The quantitative estimate of drug-likeness (QED) is 0.453. The number of allylic oxidation sites excluding steroid dienone is 8. The second-order valence-corrected chi connectivity index (χ2v) is 6.43. The van der Waals surface area contributed by atoms with Crippen molar-refractivity contribution in [2.45, 2.75) is 66.2 Å². The van der Waals surface area contributed by atoms with E-state index in [0.29, 0.717) is 5.92 Å². The van der Waals surface area contributed by atoms with Crippen LogP contribution < -0.4 is 0 Å². The molecule has 0 amide bonds. The summed E-state index contributed by atoms with van der Waals surface area (Å²) in [5.41, 5.74) is 5.25. The molecule has 21 heavy (non-hydrogen) atoms. The van der Waals surface area contributed by atoms with E-state index in [-0.39, 0.29) is 0 Å². The minimum Gasteiger partial charge on any atom is -0.298 e. The normalized spacial score (nSPS) is 29.0. The van der Waals surface area contributed by atoms with Gasteiger partial charge in [-0.25, -0.2) is 0 Å². The molecule has 1 aliphatic carbocycles. The molecule has 0 heterocycles. The van der Waals surface area contributed by atoms with Crippen molar-refractivity contribution in [1.29, 1.82) is 0 Å². The topological polar surface area (TPSA) is 17.1 Å². The molecule has 1 nitrogen and oxygen atoms in total. The summed E-state index contributed by atoms with van der Waals surface area (Å²) < 4.78 is 0. The van der Waals surface area contributed by atoms with Crippen LogP contribution in [0, 0.1) is 5.92 Å². The number of aldehydes is 1. The van der Waals surface area contributed by atoms with Gasteiger partial charge in [-0.15, -0.1) is 0 Å². The molecular formula is C20H30O. The molecule has 0 N–H and O–H groups in total. The van der Waals surface area contributed by atoms with Gasteiger partial charge >= 0.3 is 0 Å². The summed E-state index contributed by atoms with van der Waals surface area (Å²) >= 11 is 0. The van der Waals surface area contributed by atoms with Crippen molar-refractivity contribution >= 4 is 6.29 Å². The summed E-state index contributed by atoms with van der Waals surface area (Å²) in [5, 5.41) is 0. The Morgan fingerprint density at radius 3 is 2.24 bits per heavy atom. The second-order valence-electron chi connectivity index (χ2n) is 6.43. The van der Waals surface area contributed by atoms with E-state index in [0.717, 1.165) is 50.4 Å². The van der Waals surface area contributed by atoms with Gasteiger partial charge < -0.3 is 0 Å². The Hall–Kier alpha value is -1.37. The van der Waals surface area contributed by atoms with Gasteiger partial charge in [-0.2, -0.15) is 0 Å². The summed E-state index contributed by atoms with van der Waals surface area (Å²) in [6, 6.07) is 0. The molecule has 0 bridgehead atoms. The molecule has 0 radical (unpaired) electrons. The minimum absolute atomic E-state index is 0.539. The Morgan fingerprint density at radius 2 is 1.57 bits per heavy atom. The molecule has 0 atom stereocenters. The highest BCUT2D eigenvalue weighted by atomic mass is 16.1. The van der Waals surface area contributed by atoms with Crippen LogP contribution in [0.25, 0.3) is 0 Å². The average Bonchev–Trinajstić information content (AvgIpc) is 2.44. The van der Waals surface area contributed by atoms with Gasteiger partial charge in [0.05, 0.1) is 0 Å². The Morgan fingerprint density at radius 1 is 0.905 bits per heavy atom. The van der Waals surface area contributed by atoms with Crippen molar-refractivity contribution in [3.8, 4) is 0 Å².